The highest BCUT2D eigenvalue weighted by atomic mass is 16.5. The first kappa shape index (κ1) is 14.8. The van der Waals surface area contributed by atoms with Gasteiger partial charge in [0.25, 0.3) is 5.91 Å². The Bertz CT molecular complexity index is 597. The number of amides is 1. The zero-order valence-electron chi connectivity index (χ0n) is 12.2. The first-order chi connectivity index (χ1) is 10.2. The topological polar surface area (TPSA) is 63.2 Å². The van der Waals surface area contributed by atoms with Gasteiger partial charge in [-0.25, -0.2) is 4.98 Å². The van der Waals surface area contributed by atoms with Crippen LogP contribution >= 0.6 is 0 Å². The van der Waals surface area contributed by atoms with Crippen LogP contribution in [0.2, 0.25) is 0 Å². The molecule has 1 aromatic heterocycles. The summed E-state index contributed by atoms with van der Waals surface area (Å²) in [6.07, 6.45) is 1.65. The first-order valence-electron chi connectivity index (χ1n) is 6.97. The van der Waals surface area contributed by atoms with E-state index in [9.17, 15) is 4.79 Å². The van der Waals surface area contributed by atoms with Crippen LogP contribution in [0.15, 0.2) is 42.6 Å². The van der Waals surface area contributed by atoms with Crippen molar-refractivity contribution in [2.45, 2.75) is 13.8 Å². The largest absolute Gasteiger partial charge is 0.492 e. The van der Waals surface area contributed by atoms with Crippen LogP contribution < -0.4 is 15.4 Å². The smallest absolute Gasteiger partial charge is 0.274 e. The van der Waals surface area contributed by atoms with Gasteiger partial charge in [0.05, 0.1) is 24.2 Å². The molecule has 0 aliphatic heterocycles. The van der Waals surface area contributed by atoms with Gasteiger partial charge in [-0.3, -0.25) is 4.79 Å². The molecule has 0 aliphatic carbocycles. The van der Waals surface area contributed by atoms with Crippen LogP contribution in [0.5, 0.6) is 5.75 Å². The normalized spacial score (nSPS) is 10.0. The molecule has 5 heteroatoms. The minimum Gasteiger partial charge on any atom is -0.492 e. The number of hydrogen-bond donors (Lipinski definition) is 2. The predicted molar refractivity (Wildman–Crippen MR) is 84.0 cm³/mol. The van der Waals surface area contributed by atoms with Crippen LogP contribution in [0.1, 0.15) is 24.3 Å². The van der Waals surface area contributed by atoms with Crippen LogP contribution in [-0.2, 0) is 0 Å². The summed E-state index contributed by atoms with van der Waals surface area (Å²) in [5.74, 6) is 0.392. The number of hydrogen-bond acceptors (Lipinski definition) is 4. The second-order valence-electron chi connectivity index (χ2n) is 4.35. The summed E-state index contributed by atoms with van der Waals surface area (Å²) < 4.78 is 5.48. The van der Waals surface area contributed by atoms with E-state index in [0.717, 1.165) is 12.2 Å². The lowest BCUT2D eigenvalue weighted by Crippen LogP contribution is -2.14. The van der Waals surface area contributed by atoms with Gasteiger partial charge in [-0.2, -0.15) is 0 Å². The third-order valence-electron chi connectivity index (χ3n) is 2.81. The lowest BCUT2D eigenvalue weighted by molar-refractivity contribution is 0.102. The van der Waals surface area contributed by atoms with Gasteiger partial charge in [0.15, 0.2) is 0 Å². The minimum atomic E-state index is -0.259. The Morgan fingerprint density at radius 2 is 2.00 bits per heavy atom. The van der Waals surface area contributed by atoms with Crippen molar-refractivity contribution in [2.75, 3.05) is 23.8 Å². The zero-order valence-corrected chi connectivity index (χ0v) is 12.2. The second-order valence-corrected chi connectivity index (χ2v) is 4.35. The van der Waals surface area contributed by atoms with E-state index in [0.29, 0.717) is 23.7 Å². The number of nitrogens with one attached hydrogen (secondary N) is 2. The monoisotopic (exact) mass is 285 g/mol. The molecular weight excluding hydrogens is 266 g/mol. The van der Waals surface area contributed by atoms with Crippen molar-refractivity contribution in [3.8, 4) is 5.75 Å². The maximum Gasteiger partial charge on any atom is 0.274 e. The molecule has 0 atom stereocenters. The highest BCUT2D eigenvalue weighted by Crippen LogP contribution is 2.24. The Morgan fingerprint density at radius 1 is 1.19 bits per heavy atom. The average Bonchev–Trinajstić information content (AvgIpc) is 2.50. The van der Waals surface area contributed by atoms with Crippen molar-refractivity contribution in [2.24, 2.45) is 0 Å². The number of anilines is 2. The third-order valence-corrected chi connectivity index (χ3v) is 2.81. The molecule has 0 aliphatic rings. The molecule has 110 valence electrons. The van der Waals surface area contributed by atoms with Gasteiger partial charge in [0.2, 0.25) is 0 Å². The summed E-state index contributed by atoms with van der Waals surface area (Å²) in [5.41, 5.74) is 1.90. The van der Waals surface area contributed by atoms with E-state index in [2.05, 4.69) is 15.6 Å². The molecule has 21 heavy (non-hydrogen) atoms. The van der Waals surface area contributed by atoms with Crippen molar-refractivity contribution >= 4 is 17.3 Å². The molecule has 0 unspecified atom stereocenters. The SMILES string of the molecule is CCNc1ccc(C(=O)Nc2ccccc2OCC)nc1. The van der Waals surface area contributed by atoms with E-state index in [1.165, 1.54) is 0 Å². The standard InChI is InChI=1S/C16H19N3O2/c1-3-17-12-9-10-14(18-11-12)16(20)19-13-7-5-6-8-15(13)21-4-2/h5-11,17H,3-4H2,1-2H3,(H,19,20). The number of ether oxygens (including phenoxy) is 1. The van der Waals surface area contributed by atoms with Gasteiger partial charge in [-0.15, -0.1) is 0 Å². The molecule has 2 aromatic rings. The van der Waals surface area contributed by atoms with Gasteiger partial charge >= 0.3 is 0 Å². The summed E-state index contributed by atoms with van der Waals surface area (Å²) in [4.78, 5) is 16.3. The van der Waals surface area contributed by atoms with Crippen LogP contribution in [0, 0.1) is 0 Å². The fourth-order valence-electron chi connectivity index (χ4n) is 1.87. The molecule has 0 saturated carbocycles. The van der Waals surface area contributed by atoms with Crippen molar-refractivity contribution in [3.63, 3.8) is 0 Å². The highest BCUT2D eigenvalue weighted by molar-refractivity contribution is 6.03. The molecule has 1 aromatic carbocycles. The number of rotatable bonds is 6. The number of aromatic nitrogens is 1. The van der Waals surface area contributed by atoms with Crippen molar-refractivity contribution in [1.29, 1.82) is 0 Å². The van der Waals surface area contributed by atoms with E-state index in [1.54, 1.807) is 18.3 Å². The first-order valence-corrected chi connectivity index (χ1v) is 6.97. The van der Waals surface area contributed by atoms with E-state index in [1.807, 2.05) is 38.1 Å². The van der Waals surface area contributed by atoms with Gasteiger partial charge in [0.1, 0.15) is 11.4 Å². The summed E-state index contributed by atoms with van der Waals surface area (Å²) in [6.45, 7) is 5.27. The molecule has 0 radical (unpaired) electrons. The fourth-order valence-corrected chi connectivity index (χ4v) is 1.87. The van der Waals surface area contributed by atoms with Crippen molar-refractivity contribution in [3.05, 3.63) is 48.3 Å². The molecular formula is C16H19N3O2. The third kappa shape index (κ3) is 3.95. The van der Waals surface area contributed by atoms with E-state index >= 15 is 0 Å². The number of carbonyl (C=O) groups excluding carboxylic acids is 1. The molecule has 0 bridgehead atoms. The Morgan fingerprint density at radius 3 is 2.67 bits per heavy atom. The highest BCUT2D eigenvalue weighted by Gasteiger charge is 2.10. The lowest BCUT2D eigenvalue weighted by Gasteiger charge is -2.11. The van der Waals surface area contributed by atoms with Crippen LogP contribution in [-0.4, -0.2) is 24.0 Å². The van der Waals surface area contributed by atoms with Gasteiger partial charge < -0.3 is 15.4 Å². The molecule has 0 saturated heterocycles. The Kier molecular flexibility index (Phi) is 5.15. The number of benzene rings is 1. The van der Waals surface area contributed by atoms with Crippen LogP contribution in [0.4, 0.5) is 11.4 Å². The zero-order chi connectivity index (χ0) is 15.1. The molecule has 1 amide bonds. The summed E-state index contributed by atoms with van der Waals surface area (Å²) in [7, 11) is 0. The number of carbonyl (C=O) groups is 1. The minimum absolute atomic E-state index is 0.259. The maximum absolute atomic E-state index is 12.2. The van der Waals surface area contributed by atoms with E-state index < -0.39 is 0 Å². The Balaban J connectivity index is 2.10. The van der Waals surface area contributed by atoms with E-state index in [4.69, 9.17) is 4.74 Å². The van der Waals surface area contributed by atoms with Gasteiger partial charge in [-0.05, 0) is 38.1 Å². The fraction of sp³-hybridized carbons (Fsp3) is 0.250. The van der Waals surface area contributed by atoms with Crippen LogP contribution in [0.25, 0.3) is 0 Å². The Labute approximate surface area is 124 Å². The van der Waals surface area contributed by atoms with Crippen molar-refractivity contribution in [1.82, 2.24) is 4.98 Å². The molecule has 5 nitrogen and oxygen atoms in total. The summed E-state index contributed by atoms with van der Waals surface area (Å²) >= 11 is 0. The van der Waals surface area contributed by atoms with Crippen LogP contribution in [0.3, 0.4) is 0 Å². The second kappa shape index (κ2) is 7.28. The Hall–Kier alpha value is -2.56. The quantitative estimate of drug-likeness (QED) is 0.855. The molecule has 0 spiro atoms. The number of para-hydroxylation sites is 2. The molecule has 1 heterocycles. The van der Waals surface area contributed by atoms with Crippen molar-refractivity contribution < 1.29 is 9.53 Å². The predicted octanol–water partition coefficient (Wildman–Crippen LogP) is 3.16. The summed E-state index contributed by atoms with van der Waals surface area (Å²) in [5, 5.41) is 5.95. The van der Waals surface area contributed by atoms with Gasteiger partial charge in [-0.1, -0.05) is 12.1 Å². The molecule has 0 fully saturated rings. The molecule has 2 N–H and O–H groups in total. The number of nitrogens with zero attached hydrogens (tertiary/aromatic N) is 1. The average molecular weight is 285 g/mol. The van der Waals surface area contributed by atoms with E-state index in [-0.39, 0.29) is 5.91 Å². The maximum atomic E-state index is 12.2. The number of pyridine rings is 1. The summed E-state index contributed by atoms with van der Waals surface area (Å²) in [6, 6.07) is 10.9. The molecule has 2 rings (SSSR count). The van der Waals surface area contributed by atoms with Gasteiger partial charge in [0, 0.05) is 6.54 Å². The lowest BCUT2D eigenvalue weighted by atomic mass is 10.2.